The Balaban J connectivity index is 2.37. The van der Waals surface area contributed by atoms with Crippen LogP contribution in [0.2, 0.25) is 0 Å². The third-order valence-corrected chi connectivity index (χ3v) is 1.55. The predicted octanol–water partition coefficient (Wildman–Crippen LogP) is 2.42. The van der Waals surface area contributed by atoms with Gasteiger partial charge in [0.25, 0.3) is 0 Å². The normalized spacial score (nSPS) is 15.5. The first-order valence-electron chi connectivity index (χ1n) is 3.47. The summed E-state index contributed by atoms with van der Waals surface area (Å²) in [5.74, 6) is 1.00. The maximum atomic E-state index is 5.28. The van der Waals surface area contributed by atoms with Gasteiger partial charge in [-0.3, -0.25) is 0 Å². The van der Waals surface area contributed by atoms with E-state index >= 15 is 0 Å². The summed E-state index contributed by atoms with van der Waals surface area (Å²) in [7, 11) is 0. The van der Waals surface area contributed by atoms with Gasteiger partial charge < -0.3 is 4.74 Å². The zero-order valence-corrected chi connectivity index (χ0v) is 6.31. The lowest BCUT2D eigenvalue weighted by molar-refractivity contribution is 0.272. The van der Waals surface area contributed by atoms with Crippen LogP contribution in [0.5, 0.6) is 0 Å². The van der Waals surface area contributed by atoms with E-state index in [9.17, 15) is 0 Å². The van der Waals surface area contributed by atoms with Gasteiger partial charge in [-0.15, -0.1) is 0 Å². The minimum Gasteiger partial charge on any atom is -0.489 e. The topological polar surface area (TPSA) is 9.23 Å². The average Bonchev–Trinajstić information content (AvgIpc) is 2.56. The van der Waals surface area contributed by atoms with E-state index in [4.69, 9.17) is 4.74 Å². The Morgan fingerprint density at radius 2 is 2.30 bits per heavy atom. The molecule has 0 bridgehead atoms. The summed E-state index contributed by atoms with van der Waals surface area (Å²) in [6.07, 6.45) is 2.77. The zero-order valence-electron chi connectivity index (χ0n) is 6.31. The lowest BCUT2D eigenvalue weighted by Gasteiger charge is -1.91. The minimum atomic E-state index is 0.595. The second-order valence-electron chi connectivity index (χ2n) is 2.24. The van der Waals surface area contributed by atoms with Crippen molar-refractivity contribution in [1.82, 2.24) is 0 Å². The lowest BCUT2D eigenvalue weighted by atomic mass is 10.3. The van der Waals surface area contributed by atoms with Crippen molar-refractivity contribution in [2.24, 2.45) is 0 Å². The van der Waals surface area contributed by atoms with Gasteiger partial charge in [0.1, 0.15) is 12.4 Å². The van der Waals surface area contributed by atoms with Crippen molar-refractivity contribution in [2.45, 2.75) is 13.3 Å². The summed E-state index contributed by atoms with van der Waals surface area (Å²) in [5.41, 5.74) is 2.37. The van der Waals surface area contributed by atoms with E-state index in [-0.39, 0.29) is 0 Å². The number of allylic oxidation sites excluding steroid dienone is 2. The number of hydrogen-bond acceptors (Lipinski definition) is 1. The number of ether oxygens (including phenoxy) is 1. The Morgan fingerprint density at radius 1 is 1.60 bits per heavy atom. The highest BCUT2D eigenvalue weighted by Crippen LogP contribution is 2.39. The van der Waals surface area contributed by atoms with Crippen LogP contribution in [-0.2, 0) is 4.74 Å². The summed E-state index contributed by atoms with van der Waals surface area (Å²) in [5, 5.41) is 0. The van der Waals surface area contributed by atoms with Crippen LogP contribution in [0, 0.1) is 0 Å². The Kier molecular flexibility index (Phi) is 1.95. The van der Waals surface area contributed by atoms with Crippen LogP contribution in [0.1, 0.15) is 13.3 Å². The van der Waals surface area contributed by atoms with Crippen LogP contribution >= 0.6 is 0 Å². The molecule has 0 heterocycles. The van der Waals surface area contributed by atoms with Gasteiger partial charge in [0.2, 0.25) is 0 Å². The van der Waals surface area contributed by atoms with Gasteiger partial charge in [-0.25, -0.2) is 0 Å². The van der Waals surface area contributed by atoms with E-state index in [1.54, 1.807) is 6.08 Å². The molecule has 0 aromatic heterocycles. The number of rotatable bonds is 4. The molecule has 1 nitrogen and oxygen atoms in total. The monoisotopic (exact) mass is 136 g/mol. The average molecular weight is 136 g/mol. The van der Waals surface area contributed by atoms with Gasteiger partial charge in [-0.05, 0) is 6.42 Å². The molecule has 0 spiro atoms. The molecule has 1 heteroatoms. The molecular weight excluding hydrogens is 124 g/mol. The molecule has 0 saturated heterocycles. The zero-order chi connectivity index (χ0) is 7.56. The Labute approximate surface area is 61.7 Å². The minimum absolute atomic E-state index is 0.595. The first kappa shape index (κ1) is 7.13. The Bertz CT molecular complexity index is 199. The fourth-order valence-corrected chi connectivity index (χ4v) is 0.939. The summed E-state index contributed by atoms with van der Waals surface area (Å²) in [4.78, 5) is 0. The summed E-state index contributed by atoms with van der Waals surface area (Å²) < 4.78 is 5.28. The largest absolute Gasteiger partial charge is 0.489 e. The van der Waals surface area contributed by atoms with Crippen molar-refractivity contribution < 1.29 is 4.74 Å². The summed E-state index contributed by atoms with van der Waals surface area (Å²) >= 11 is 0. The molecule has 0 N–H and O–H groups in total. The van der Waals surface area contributed by atoms with E-state index in [2.05, 4.69) is 20.1 Å². The van der Waals surface area contributed by atoms with Crippen molar-refractivity contribution in [1.29, 1.82) is 0 Å². The molecule has 0 unspecified atom stereocenters. The molecular formula is C9H12O. The molecule has 0 saturated carbocycles. The second kappa shape index (κ2) is 2.74. The fraction of sp³-hybridized carbons (Fsp3) is 0.333. The van der Waals surface area contributed by atoms with E-state index in [0.717, 1.165) is 17.8 Å². The molecule has 0 atom stereocenters. The van der Waals surface area contributed by atoms with Gasteiger partial charge in [0, 0.05) is 11.1 Å². The maximum Gasteiger partial charge on any atom is 0.130 e. The fourth-order valence-electron chi connectivity index (χ4n) is 0.939. The highest BCUT2D eigenvalue weighted by molar-refractivity contribution is 5.61. The lowest BCUT2D eigenvalue weighted by Crippen LogP contribution is -1.80. The van der Waals surface area contributed by atoms with Crippen molar-refractivity contribution in [3.63, 3.8) is 0 Å². The van der Waals surface area contributed by atoms with Crippen molar-refractivity contribution in [2.75, 3.05) is 6.61 Å². The van der Waals surface area contributed by atoms with Crippen LogP contribution in [0.3, 0.4) is 0 Å². The van der Waals surface area contributed by atoms with Crippen molar-refractivity contribution in [3.05, 3.63) is 36.1 Å². The van der Waals surface area contributed by atoms with Gasteiger partial charge in [-0.1, -0.05) is 26.2 Å². The van der Waals surface area contributed by atoms with E-state index in [1.165, 1.54) is 5.57 Å². The third kappa shape index (κ3) is 1.13. The molecule has 0 radical (unpaired) electrons. The third-order valence-electron chi connectivity index (χ3n) is 1.55. The molecule has 54 valence electrons. The predicted molar refractivity (Wildman–Crippen MR) is 42.6 cm³/mol. The Morgan fingerprint density at radius 3 is 2.70 bits per heavy atom. The molecule has 10 heavy (non-hydrogen) atoms. The molecule has 1 aliphatic carbocycles. The van der Waals surface area contributed by atoms with Gasteiger partial charge >= 0.3 is 0 Å². The molecule has 0 amide bonds. The first-order chi connectivity index (χ1) is 4.81. The SMILES string of the molecule is C=CCOC1=C(CC)C1=C. The van der Waals surface area contributed by atoms with Crippen LogP contribution < -0.4 is 0 Å². The van der Waals surface area contributed by atoms with Crippen LogP contribution in [0.15, 0.2) is 36.1 Å². The van der Waals surface area contributed by atoms with E-state index in [1.807, 2.05) is 0 Å². The highest BCUT2D eigenvalue weighted by atomic mass is 16.5. The molecule has 0 aromatic carbocycles. The standard InChI is InChI=1S/C9H12O/c1-4-6-10-9-7(3)8(9)5-2/h4H,1,3,5-6H2,2H3. The van der Waals surface area contributed by atoms with E-state index in [0.29, 0.717) is 6.61 Å². The van der Waals surface area contributed by atoms with E-state index < -0.39 is 0 Å². The molecule has 0 fully saturated rings. The summed E-state index contributed by atoms with van der Waals surface area (Å²) in [6, 6.07) is 0. The molecule has 0 aliphatic heterocycles. The maximum absolute atomic E-state index is 5.28. The van der Waals surface area contributed by atoms with Crippen molar-refractivity contribution >= 4 is 0 Å². The summed E-state index contributed by atoms with van der Waals surface area (Å²) in [6.45, 7) is 10.1. The molecule has 0 aromatic rings. The van der Waals surface area contributed by atoms with Crippen LogP contribution in [0.4, 0.5) is 0 Å². The first-order valence-corrected chi connectivity index (χ1v) is 3.47. The second-order valence-corrected chi connectivity index (χ2v) is 2.24. The van der Waals surface area contributed by atoms with Gasteiger partial charge in [0.05, 0.1) is 0 Å². The van der Waals surface area contributed by atoms with Crippen molar-refractivity contribution in [3.8, 4) is 0 Å². The van der Waals surface area contributed by atoms with Gasteiger partial charge in [-0.2, -0.15) is 0 Å². The van der Waals surface area contributed by atoms with Crippen LogP contribution in [0.25, 0.3) is 0 Å². The van der Waals surface area contributed by atoms with Crippen LogP contribution in [-0.4, -0.2) is 6.61 Å². The molecule has 1 aliphatic rings. The van der Waals surface area contributed by atoms with Gasteiger partial charge in [0.15, 0.2) is 0 Å². The smallest absolute Gasteiger partial charge is 0.130 e. The molecule has 1 rings (SSSR count). The number of hydrogen-bond donors (Lipinski definition) is 0. The Hall–Kier alpha value is -0.980. The highest BCUT2D eigenvalue weighted by Gasteiger charge is 2.26. The quantitative estimate of drug-likeness (QED) is 0.539.